The van der Waals surface area contributed by atoms with Crippen LogP contribution in [-0.4, -0.2) is 29.3 Å². The molecule has 0 saturated heterocycles. The summed E-state index contributed by atoms with van der Waals surface area (Å²) in [7, 11) is 0. The molecule has 0 bridgehead atoms. The monoisotopic (exact) mass is 295 g/mol. The molecule has 1 heterocycles. The number of ether oxygens (including phenoxy) is 1. The quantitative estimate of drug-likeness (QED) is 0.757. The van der Waals surface area contributed by atoms with E-state index in [9.17, 15) is 0 Å². The number of hydrogen-bond acceptors (Lipinski definition) is 5. The predicted molar refractivity (Wildman–Crippen MR) is 82.1 cm³/mol. The molecular weight excluding hydrogens is 266 g/mol. The minimum Gasteiger partial charge on any atom is -0.370 e. The lowest BCUT2D eigenvalue weighted by Crippen LogP contribution is -2.37. The first-order valence-electron chi connectivity index (χ1n) is 8.45. The molecule has 2 rings (SSSR count). The molecule has 2 unspecified atom stereocenters. The van der Waals surface area contributed by atoms with Crippen LogP contribution in [0.15, 0.2) is 4.52 Å². The van der Waals surface area contributed by atoms with Crippen LogP contribution in [0.2, 0.25) is 0 Å². The summed E-state index contributed by atoms with van der Waals surface area (Å²) in [4.78, 5) is 4.55. The Bertz CT molecular complexity index is 402. The van der Waals surface area contributed by atoms with Gasteiger partial charge < -0.3 is 14.6 Å². The van der Waals surface area contributed by atoms with Crippen molar-refractivity contribution in [3.05, 3.63) is 11.7 Å². The van der Waals surface area contributed by atoms with E-state index in [4.69, 9.17) is 9.26 Å². The van der Waals surface area contributed by atoms with Gasteiger partial charge in [0.25, 0.3) is 0 Å². The van der Waals surface area contributed by atoms with Gasteiger partial charge in [-0.2, -0.15) is 4.98 Å². The van der Waals surface area contributed by atoms with Gasteiger partial charge in [-0.3, -0.25) is 0 Å². The van der Waals surface area contributed by atoms with Gasteiger partial charge in [-0.1, -0.05) is 31.8 Å². The second-order valence-corrected chi connectivity index (χ2v) is 5.81. The summed E-state index contributed by atoms with van der Waals surface area (Å²) in [5.74, 6) is 2.17. The maximum atomic E-state index is 5.64. The first-order valence-corrected chi connectivity index (χ1v) is 8.45. The molecular formula is C16H29N3O2. The van der Waals surface area contributed by atoms with Crippen LogP contribution >= 0.6 is 0 Å². The van der Waals surface area contributed by atoms with Crippen molar-refractivity contribution in [3.8, 4) is 0 Å². The van der Waals surface area contributed by atoms with Crippen LogP contribution in [0.1, 0.15) is 70.7 Å². The Morgan fingerprint density at radius 2 is 2.05 bits per heavy atom. The SMILES string of the molecule is CCNC(Cc1nc(C(CC)OCC)no1)C1CCCC1. The minimum absolute atomic E-state index is 0.0448. The third-order valence-corrected chi connectivity index (χ3v) is 4.34. The molecule has 0 aliphatic heterocycles. The highest BCUT2D eigenvalue weighted by molar-refractivity contribution is 4.95. The largest absolute Gasteiger partial charge is 0.370 e. The van der Waals surface area contributed by atoms with E-state index in [2.05, 4.69) is 29.3 Å². The fraction of sp³-hybridized carbons (Fsp3) is 0.875. The van der Waals surface area contributed by atoms with Crippen LogP contribution in [0, 0.1) is 5.92 Å². The lowest BCUT2D eigenvalue weighted by molar-refractivity contribution is 0.0518. The van der Waals surface area contributed by atoms with Gasteiger partial charge in [-0.15, -0.1) is 0 Å². The second-order valence-electron chi connectivity index (χ2n) is 5.81. The Hall–Kier alpha value is -0.940. The smallest absolute Gasteiger partial charge is 0.228 e. The molecule has 1 aliphatic rings. The van der Waals surface area contributed by atoms with Crippen molar-refractivity contribution < 1.29 is 9.26 Å². The fourth-order valence-corrected chi connectivity index (χ4v) is 3.27. The molecule has 1 aromatic rings. The van der Waals surface area contributed by atoms with Gasteiger partial charge >= 0.3 is 0 Å². The zero-order valence-corrected chi connectivity index (χ0v) is 13.6. The molecule has 120 valence electrons. The number of nitrogens with one attached hydrogen (secondary N) is 1. The molecule has 2 atom stereocenters. The van der Waals surface area contributed by atoms with Crippen molar-refractivity contribution in [2.45, 2.75) is 71.4 Å². The maximum absolute atomic E-state index is 5.64. The molecule has 1 saturated carbocycles. The van der Waals surface area contributed by atoms with Crippen molar-refractivity contribution in [1.29, 1.82) is 0 Å². The van der Waals surface area contributed by atoms with Crippen LogP contribution in [0.25, 0.3) is 0 Å². The number of hydrogen-bond donors (Lipinski definition) is 1. The van der Waals surface area contributed by atoms with Crippen molar-refractivity contribution in [2.24, 2.45) is 5.92 Å². The predicted octanol–water partition coefficient (Wildman–Crippen LogP) is 3.27. The average Bonchev–Trinajstić information content (AvgIpc) is 3.15. The third-order valence-electron chi connectivity index (χ3n) is 4.34. The Morgan fingerprint density at radius 1 is 1.29 bits per heavy atom. The third kappa shape index (κ3) is 4.51. The molecule has 0 aromatic carbocycles. The summed E-state index contributed by atoms with van der Waals surface area (Å²) in [6.45, 7) is 7.88. The zero-order chi connectivity index (χ0) is 15.1. The highest BCUT2D eigenvalue weighted by Gasteiger charge is 2.27. The summed E-state index contributed by atoms with van der Waals surface area (Å²) in [6.07, 6.45) is 6.98. The Balaban J connectivity index is 1.98. The molecule has 5 heteroatoms. The fourth-order valence-electron chi connectivity index (χ4n) is 3.27. The van der Waals surface area contributed by atoms with Gasteiger partial charge in [0.05, 0.1) is 0 Å². The van der Waals surface area contributed by atoms with Crippen molar-refractivity contribution >= 4 is 0 Å². The van der Waals surface area contributed by atoms with Gasteiger partial charge in [0.1, 0.15) is 6.10 Å². The molecule has 0 radical (unpaired) electrons. The standard InChI is InChI=1S/C16H29N3O2/c1-4-14(20-6-3)16-18-15(21-19-16)11-13(17-5-2)12-9-7-8-10-12/h12-14,17H,4-11H2,1-3H3. The Kier molecular flexibility index (Phi) is 6.64. The van der Waals surface area contributed by atoms with E-state index in [1.807, 2.05) is 6.92 Å². The number of likely N-dealkylation sites (N-methyl/N-ethyl adjacent to an activating group) is 1. The molecule has 5 nitrogen and oxygen atoms in total. The lowest BCUT2D eigenvalue weighted by atomic mass is 9.95. The van der Waals surface area contributed by atoms with E-state index >= 15 is 0 Å². The number of nitrogens with zero attached hydrogens (tertiary/aromatic N) is 2. The van der Waals surface area contributed by atoms with E-state index in [0.717, 1.165) is 31.2 Å². The number of rotatable bonds is 9. The normalized spacial score (nSPS) is 19.0. The van der Waals surface area contributed by atoms with Crippen LogP contribution in [0.4, 0.5) is 0 Å². The van der Waals surface area contributed by atoms with Gasteiger partial charge in [-0.05, 0) is 38.6 Å². The molecule has 1 N–H and O–H groups in total. The highest BCUT2D eigenvalue weighted by atomic mass is 16.5. The Morgan fingerprint density at radius 3 is 2.67 bits per heavy atom. The number of aromatic nitrogens is 2. The summed E-state index contributed by atoms with van der Waals surface area (Å²) < 4.78 is 11.1. The van der Waals surface area contributed by atoms with Crippen molar-refractivity contribution in [2.75, 3.05) is 13.2 Å². The molecule has 1 fully saturated rings. The van der Waals surface area contributed by atoms with Crippen LogP contribution in [-0.2, 0) is 11.2 Å². The summed E-state index contributed by atoms with van der Waals surface area (Å²) >= 11 is 0. The minimum atomic E-state index is -0.0448. The Labute approximate surface area is 127 Å². The maximum Gasteiger partial charge on any atom is 0.228 e. The van der Waals surface area contributed by atoms with Gasteiger partial charge in [-0.25, -0.2) is 0 Å². The molecule has 21 heavy (non-hydrogen) atoms. The summed E-state index contributed by atoms with van der Waals surface area (Å²) in [5.41, 5.74) is 0. The van der Waals surface area contributed by atoms with E-state index in [1.165, 1.54) is 25.7 Å². The topological polar surface area (TPSA) is 60.2 Å². The van der Waals surface area contributed by atoms with E-state index < -0.39 is 0 Å². The highest BCUT2D eigenvalue weighted by Crippen LogP contribution is 2.29. The van der Waals surface area contributed by atoms with Crippen LogP contribution < -0.4 is 5.32 Å². The van der Waals surface area contributed by atoms with Gasteiger partial charge in [0, 0.05) is 19.1 Å². The van der Waals surface area contributed by atoms with E-state index in [0.29, 0.717) is 18.5 Å². The second kappa shape index (κ2) is 8.49. The lowest BCUT2D eigenvalue weighted by Gasteiger charge is -2.22. The first-order chi connectivity index (χ1) is 10.3. The van der Waals surface area contributed by atoms with Crippen LogP contribution in [0.3, 0.4) is 0 Å². The molecule has 0 amide bonds. The first kappa shape index (κ1) is 16.4. The zero-order valence-electron chi connectivity index (χ0n) is 13.6. The summed E-state index contributed by atoms with van der Waals surface area (Å²) in [6, 6.07) is 0.456. The van der Waals surface area contributed by atoms with Crippen LogP contribution in [0.5, 0.6) is 0 Å². The van der Waals surface area contributed by atoms with E-state index in [-0.39, 0.29) is 6.10 Å². The van der Waals surface area contributed by atoms with E-state index in [1.54, 1.807) is 0 Å². The van der Waals surface area contributed by atoms with Gasteiger partial charge in [0.15, 0.2) is 0 Å². The van der Waals surface area contributed by atoms with Gasteiger partial charge in [0.2, 0.25) is 11.7 Å². The molecule has 0 spiro atoms. The average molecular weight is 295 g/mol. The van der Waals surface area contributed by atoms with Crippen molar-refractivity contribution in [1.82, 2.24) is 15.5 Å². The summed E-state index contributed by atoms with van der Waals surface area (Å²) in [5, 5.41) is 7.70. The van der Waals surface area contributed by atoms with Crippen molar-refractivity contribution in [3.63, 3.8) is 0 Å². The molecule has 1 aliphatic carbocycles. The molecule has 1 aromatic heterocycles.